The molecule has 0 atom stereocenters. The average molecular weight is 505 g/mol. The van der Waals surface area contributed by atoms with Crippen LogP contribution in [0.1, 0.15) is 11.4 Å². The lowest BCUT2D eigenvalue weighted by molar-refractivity contribution is 0.892. The number of aromatic nitrogens is 2. The van der Waals surface area contributed by atoms with Gasteiger partial charge in [0.05, 0.1) is 11.4 Å². The Hall–Kier alpha value is -1.81. The van der Waals surface area contributed by atoms with Crippen LogP contribution in [-0.2, 0) is 11.5 Å². The van der Waals surface area contributed by atoms with Crippen LogP contribution in [-0.4, -0.2) is 51.6 Å². The summed E-state index contributed by atoms with van der Waals surface area (Å²) < 4.78 is 0. The molecule has 30 heavy (non-hydrogen) atoms. The smallest absolute Gasteiger partial charge is 0.192 e. The zero-order valence-electron chi connectivity index (χ0n) is 16.0. The second-order valence-electron chi connectivity index (χ2n) is 5.65. The van der Waals surface area contributed by atoms with Crippen LogP contribution in [0.2, 0.25) is 0 Å². The quantitative estimate of drug-likeness (QED) is 0.0916. The molecule has 10 nitrogen and oxygen atoms in total. The highest BCUT2D eigenvalue weighted by atomic mass is 32.2. The number of rotatable bonds is 12. The SMILES string of the molecule is N=C(N)Nc1nc(CSCCNC(=S)NCCSCc2csc(NC(=N)N)n2)cs1. The number of hydrogen-bond acceptors (Lipinski definition) is 9. The van der Waals surface area contributed by atoms with Crippen molar-refractivity contribution in [3.05, 3.63) is 22.1 Å². The maximum Gasteiger partial charge on any atom is 0.192 e. The minimum Gasteiger partial charge on any atom is -0.370 e. The van der Waals surface area contributed by atoms with Gasteiger partial charge in [0.2, 0.25) is 0 Å². The molecular formula is C15H24N10S5. The maximum absolute atomic E-state index is 7.19. The van der Waals surface area contributed by atoms with E-state index in [0.717, 1.165) is 47.5 Å². The zero-order chi connectivity index (χ0) is 21.8. The van der Waals surface area contributed by atoms with E-state index < -0.39 is 0 Å². The fraction of sp³-hybridized carbons (Fsp3) is 0.400. The lowest BCUT2D eigenvalue weighted by Gasteiger charge is -2.09. The van der Waals surface area contributed by atoms with E-state index in [4.69, 9.17) is 34.5 Å². The first-order valence-corrected chi connectivity index (χ1v) is 13.2. The summed E-state index contributed by atoms with van der Waals surface area (Å²) in [5, 5.41) is 32.0. The second kappa shape index (κ2) is 13.5. The lowest BCUT2D eigenvalue weighted by atomic mass is 10.6. The van der Waals surface area contributed by atoms with Crippen LogP contribution in [0.3, 0.4) is 0 Å². The normalized spacial score (nSPS) is 10.4. The molecule has 0 saturated carbocycles. The summed E-state index contributed by atoms with van der Waals surface area (Å²) in [6.45, 7) is 1.55. The van der Waals surface area contributed by atoms with Gasteiger partial charge in [-0.3, -0.25) is 10.8 Å². The van der Waals surface area contributed by atoms with Crippen molar-refractivity contribution in [1.82, 2.24) is 20.6 Å². The third-order valence-corrected chi connectivity index (χ3v) is 7.04. The Bertz CT molecular complexity index is 769. The highest BCUT2D eigenvalue weighted by Crippen LogP contribution is 2.20. The average Bonchev–Trinajstić information content (AvgIpc) is 3.29. The molecule has 2 aromatic heterocycles. The van der Waals surface area contributed by atoms with Gasteiger partial charge in [-0.05, 0) is 12.2 Å². The molecule has 15 heteroatoms. The number of thiazole rings is 2. The van der Waals surface area contributed by atoms with E-state index in [9.17, 15) is 0 Å². The van der Waals surface area contributed by atoms with E-state index in [2.05, 4.69) is 31.2 Å². The topological polar surface area (TPSA) is 174 Å². The van der Waals surface area contributed by atoms with Crippen LogP contribution < -0.4 is 32.7 Å². The largest absolute Gasteiger partial charge is 0.370 e. The molecule has 0 fully saturated rings. The maximum atomic E-state index is 7.19. The molecule has 0 aliphatic rings. The van der Waals surface area contributed by atoms with Gasteiger partial charge in [-0.2, -0.15) is 23.5 Å². The summed E-state index contributed by atoms with van der Waals surface area (Å²) >= 11 is 11.7. The number of nitrogens with two attached hydrogens (primary N) is 2. The Kier molecular flexibility index (Phi) is 11.0. The van der Waals surface area contributed by atoms with Gasteiger partial charge in [-0.25, -0.2) is 9.97 Å². The van der Waals surface area contributed by atoms with Crippen LogP contribution in [0.5, 0.6) is 0 Å². The molecule has 0 radical (unpaired) electrons. The third kappa shape index (κ3) is 10.3. The molecule has 0 amide bonds. The number of guanidine groups is 2. The van der Waals surface area contributed by atoms with Gasteiger partial charge in [-0.1, -0.05) is 0 Å². The number of anilines is 2. The van der Waals surface area contributed by atoms with Crippen molar-refractivity contribution in [2.24, 2.45) is 11.5 Å². The zero-order valence-corrected chi connectivity index (χ0v) is 20.1. The molecule has 2 rings (SSSR count). The van der Waals surface area contributed by atoms with Crippen molar-refractivity contribution in [3.63, 3.8) is 0 Å². The predicted octanol–water partition coefficient (Wildman–Crippen LogP) is 1.84. The first-order valence-electron chi connectivity index (χ1n) is 8.70. The first kappa shape index (κ1) is 24.5. The first-order chi connectivity index (χ1) is 14.4. The van der Waals surface area contributed by atoms with Crippen LogP contribution in [0.4, 0.5) is 10.3 Å². The van der Waals surface area contributed by atoms with E-state index in [1.54, 1.807) is 23.5 Å². The molecule has 0 saturated heterocycles. The monoisotopic (exact) mass is 504 g/mol. The molecule has 0 unspecified atom stereocenters. The number of hydrogen-bond donors (Lipinski definition) is 8. The molecule has 164 valence electrons. The second-order valence-corrected chi connectivity index (χ2v) is 9.99. The summed E-state index contributed by atoms with van der Waals surface area (Å²) in [6, 6.07) is 0. The van der Waals surface area contributed by atoms with Gasteiger partial charge in [-0.15, -0.1) is 22.7 Å². The van der Waals surface area contributed by atoms with Crippen LogP contribution in [0.25, 0.3) is 0 Å². The lowest BCUT2D eigenvalue weighted by Crippen LogP contribution is -2.37. The number of thioether (sulfide) groups is 2. The molecule has 0 aromatic carbocycles. The van der Waals surface area contributed by atoms with E-state index in [-0.39, 0.29) is 11.9 Å². The van der Waals surface area contributed by atoms with Crippen LogP contribution in [0.15, 0.2) is 10.8 Å². The summed E-state index contributed by atoms with van der Waals surface area (Å²) in [5.41, 5.74) is 12.5. The van der Waals surface area contributed by atoms with Crippen molar-refractivity contribution in [2.45, 2.75) is 11.5 Å². The Labute approximate surface area is 196 Å². The molecule has 0 aliphatic carbocycles. The van der Waals surface area contributed by atoms with Crippen molar-refractivity contribution >= 4 is 85.7 Å². The van der Waals surface area contributed by atoms with Gasteiger partial charge in [0.15, 0.2) is 27.3 Å². The van der Waals surface area contributed by atoms with E-state index in [1.807, 2.05) is 10.8 Å². The van der Waals surface area contributed by atoms with Crippen molar-refractivity contribution in [2.75, 3.05) is 35.2 Å². The van der Waals surface area contributed by atoms with Gasteiger partial charge in [0.25, 0.3) is 0 Å². The van der Waals surface area contributed by atoms with Gasteiger partial charge < -0.3 is 32.7 Å². The predicted molar refractivity (Wildman–Crippen MR) is 136 cm³/mol. The summed E-state index contributed by atoms with van der Waals surface area (Å²) in [5.74, 6) is 3.20. The summed E-state index contributed by atoms with van der Waals surface area (Å²) in [7, 11) is 0. The fourth-order valence-corrected chi connectivity index (χ4v) is 5.34. The third-order valence-electron chi connectivity index (χ3n) is 3.15. The van der Waals surface area contributed by atoms with Crippen molar-refractivity contribution in [3.8, 4) is 0 Å². The Morgan fingerprint density at radius 1 is 0.900 bits per heavy atom. The van der Waals surface area contributed by atoms with Crippen LogP contribution in [0, 0.1) is 10.8 Å². The Balaban J connectivity index is 1.46. The number of nitrogens with zero attached hydrogens (tertiary/aromatic N) is 2. The summed E-state index contributed by atoms with van der Waals surface area (Å²) in [4.78, 5) is 8.72. The number of thiocarbonyl (C=S) groups is 1. The molecule has 2 heterocycles. The van der Waals surface area contributed by atoms with Gasteiger partial charge in [0.1, 0.15) is 0 Å². The Morgan fingerprint density at radius 3 is 1.73 bits per heavy atom. The minimum atomic E-state index is -0.105. The van der Waals surface area contributed by atoms with E-state index in [0.29, 0.717) is 15.4 Å². The fourth-order valence-electron chi connectivity index (χ4n) is 1.98. The standard InChI is InChI=1S/C15H24N10S5/c16-11(17)24-14-22-9(7-29-14)5-27-3-1-20-13(26)21-2-4-28-6-10-8-30-15(23-10)25-12(18)19/h7-8H,1-6H2,(H2,20,21,26)(H4,16,17,22,24)(H4,18,19,23,25). The van der Waals surface area contributed by atoms with Crippen molar-refractivity contribution < 1.29 is 0 Å². The van der Waals surface area contributed by atoms with Gasteiger partial charge >= 0.3 is 0 Å². The molecule has 2 aromatic rings. The number of nitrogens with one attached hydrogen (secondary N) is 6. The van der Waals surface area contributed by atoms with Gasteiger partial charge in [0, 0.05) is 46.9 Å². The van der Waals surface area contributed by atoms with E-state index >= 15 is 0 Å². The minimum absolute atomic E-state index is 0.105. The highest BCUT2D eigenvalue weighted by molar-refractivity contribution is 7.98. The highest BCUT2D eigenvalue weighted by Gasteiger charge is 2.04. The molecule has 0 spiro atoms. The molecule has 0 aliphatic heterocycles. The van der Waals surface area contributed by atoms with E-state index in [1.165, 1.54) is 22.7 Å². The Morgan fingerprint density at radius 2 is 1.33 bits per heavy atom. The van der Waals surface area contributed by atoms with Crippen LogP contribution >= 0.6 is 58.4 Å². The molecule has 10 N–H and O–H groups in total. The molecule has 0 bridgehead atoms. The molecular weight excluding hydrogens is 481 g/mol. The summed E-state index contributed by atoms with van der Waals surface area (Å²) in [6.07, 6.45) is 0. The van der Waals surface area contributed by atoms with Crippen molar-refractivity contribution in [1.29, 1.82) is 10.8 Å².